The van der Waals surface area contributed by atoms with Gasteiger partial charge in [-0.1, -0.05) is 90.4 Å². The van der Waals surface area contributed by atoms with E-state index in [2.05, 4.69) is 12.2 Å². The fraction of sp³-hybridized carbons (Fsp3) is 0.760. The molecular weight excluding hydrogens is 360 g/mol. The van der Waals surface area contributed by atoms with Gasteiger partial charge in [-0.05, 0) is 37.1 Å². The predicted octanol–water partition coefficient (Wildman–Crippen LogP) is 6.19. The maximum atomic E-state index is 10.4. The minimum atomic E-state index is -0.537. The number of anilines is 2. The molecule has 168 valence electrons. The van der Waals surface area contributed by atoms with E-state index >= 15 is 0 Å². The van der Waals surface area contributed by atoms with Gasteiger partial charge in [0.1, 0.15) is 0 Å². The van der Waals surface area contributed by atoms with Crippen molar-refractivity contribution in [2.45, 2.75) is 116 Å². The van der Waals surface area contributed by atoms with E-state index in [1.54, 1.807) is 0 Å². The SMILES string of the molecule is CCCCCCCCCCCCCCCC(O)C(CO)Nc1ccc(N)c(C)c1. The number of aryl methyl sites for hydroxylation is 1. The van der Waals surface area contributed by atoms with Crippen molar-refractivity contribution in [3.8, 4) is 0 Å². The smallest absolute Gasteiger partial charge is 0.0763 e. The maximum absolute atomic E-state index is 10.4. The van der Waals surface area contributed by atoms with E-state index in [1.165, 1.54) is 70.6 Å². The van der Waals surface area contributed by atoms with Crippen LogP contribution in [0.5, 0.6) is 0 Å². The van der Waals surface area contributed by atoms with Crippen molar-refractivity contribution in [3.63, 3.8) is 0 Å². The summed E-state index contributed by atoms with van der Waals surface area (Å²) in [5.41, 5.74) is 8.49. The van der Waals surface area contributed by atoms with Crippen LogP contribution in [0.4, 0.5) is 11.4 Å². The topological polar surface area (TPSA) is 78.5 Å². The van der Waals surface area contributed by atoms with Crippen molar-refractivity contribution in [1.82, 2.24) is 0 Å². The van der Waals surface area contributed by atoms with Gasteiger partial charge in [-0.15, -0.1) is 0 Å². The Bertz CT molecular complexity index is 522. The van der Waals surface area contributed by atoms with Crippen LogP contribution in [-0.4, -0.2) is 29.0 Å². The molecule has 29 heavy (non-hydrogen) atoms. The molecule has 2 unspecified atom stereocenters. The second-order valence-electron chi connectivity index (χ2n) is 8.60. The van der Waals surface area contributed by atoms with E-state index in [4.69, 9.17) is 5.73 Å². The monoisotopic (exact) mass is 406 g/mol. The fourth-order valence-electron chi connectivity index (χ4n) is 3.82. The van der Waals surface area contributed by atoms with Gasteiger partial charge in [0.25, 0.3) is 0 Å². The number of rotatable bonds is 18. The highest BCUT2D eigenvalue weighted by Crippen LogP contribution is 2.19. The minimum Gasteiger partial charge on any atom is -0.399 e. The summed E-state index contributed by atoms with van der Waals surface area (Å²) in [6.45, 7) is 4.15. The Morgan fingerprint density at radius 3 is 1.86 bits per heavy atom. The third-order valence-electron chi connectivity index (χ3n) is 5.89. The number of nitrogen functional groups attached to an aromatic ring is 1. The molecule has 4 heteroatoms. The van der Waals surface area contributed by atoms with Gasteiger partial charge in [0, 0.05) is 11.4 Å². The summed E-state index contributed by atoms with van der Waals surface area (Å²) in [4.78, 5) is 0. The van der Waals surface area contributed by atoms with E-state index < -0.39 is 6.10 Å². The Morgan fingerprint density at radius 2 is 1.38 bits per heavy atom. The Labute approximate surface area is 179 Å². The first-order valence-corrected chi connectivity index (χ1v) is 12.0. The zero-order chi connectivity index (χ0) is 21.3. The molecule has 0 saturated carbocycles. The Morgan fingerprint density at radius 1 is 0.862 bits per heavy atom. The minimum absolute atomic E-state index is 0.0803. The van der Waals surface area contributed by atoms with Crippen LogP contribution in [0, 0.1) is 6.92 Å². The molecule has 0 aromatic heterocycles. The molecule has 1 aromatic rings. The van der Waals surface area contributed by atoms with Gasteiger partial charge < -0.3 is 21.3 Å². The van der Waals surface area contributed by atoms with Gasteiger partial charge in [0.05, 0.1) is 18.8 Å². The van der Waals surface area contributed by atoms with Crippen LogP contribution < -0.4 is 11.1 Å². The zero-order valence-electron chi connectivity index (χ0n) is 19.0. The van der Waals surface area contributed by atoms with Crippen LogP contribution in [0.3, 0.4) is 0 Å². The third-order valence-corrected chi connectivity index (χ3v) is 5.89. The van der Waals surface area contributed by atoms with Crippen LogP contribution >= 0.6 is 0 Å². The van der Waals surface area contributed by atoms with Crippen LogP contribution in [0.25, 0.3) is 0 Å². The molecule has 5 N–H and O–H groups in total. The molecule has 0 aliphatic heterocycles. The fourth-order valence-corrected chi connectivity index (χ4v) is 3.82. The van der Waals surface area contributed by atoms with Crippen molar-refractivity contribution >= 4 is 11.4 Å². The van der Waals surface area contributed by atoms with Gasteiger partial charge in [0.2, 0.25) is 0 Å². The number of aliphatic hydroxyl groups is 2. The highest BCUT2D eigenvalue weighted by molar-refractivity contribution is 5.57. The Kier molecular flexibility index (Phi) is 14.7. The summed E-state index contributed by atoms with van der Waals surface area (Å²) in [7, 11) is 0. The quantitative estimate of drug-likeness (QED) is 0.173. The first kappa shape index (κ1) is 25.8. The van der Waals surface area contributed by atoms with Crippen molar-refractivity contribution in [2.75, 3.05) is 17.7 Å². The highest BCUT2D eigenvalue weighted by atomic mass is 16.3. The normalized spacial score (nSPS) is 13.4. The number of nitrogens with two attached hydrogens (primary N) is 1. The van der Waals surface area contributed by atoms with E-state index in [0.29, 0.717) is 0 Å². The molecule has 0 saturated heterocycles. The first-order valence-electron chi connectivity index (χ1n) is 12.0. The summed E-state index contributed by atoms with van der Waals surface area (Å²) >= 11 is 0. The van der Waals surface area contributed by atoms with Crippen molar-refractivity contribution in [1.29, 1.82) is 0 Å². The van der Waals surface area contributed by atoms with Crippen molar-refractivity contribution in [3.05, 3.63) is 23.8 Å². The molecule has 4 nitrogen and oxygen atoms in total. The molecule has 0 radical (unpaired) electrons. The maximum Gasteiger partial charge on any atom is 0.0763 e. The van der Waals surface area contributed by atoms with Crippen LogP contribution in [0.15, 0.2) is 18.2 Å². The van der Waals surface area contributed by atoms with Crippen LogP contribution in [0.2, 0.25) is 0 Å². The van der Waals surface area contributed by atoms with Crippen molar-refractivity contribution in [2.24, 2.45) is 0 Å². The molecule has 0 spiro atoms. The standard InChI is InChI=1S/C25H46N2O2/c1-3-4-5-6-7-8-9-10-11-12-13-14-15-16-25(29)24(20-28)27-22-17-18-23(26)21(2)19-22/h17-19,24-25,27-29H,3-16,20,26H2,1-2H3. The third kappa shape index (κ3) is 12.1. The van der Waals surface area contributed by atoms with Crippen LogP contribution in [-0.2, 0) is 0 Å². The molecule has 2 atom stereocenters. The summed E-state index contributed by atoms with van der Waals surface area (Å²) in [5, 5.41) is 23.3. The lowest BCUT2D eigenvalue weighted by Crippen LogP contribution is -2.36. The second-order valence-corrected chi connectivity index (χ2v) is 8.60. The van der Waals surface area contributed by atoms with E-state index in [9.17, 15) is 10.2 Å². The van der Waals surface area contributed by atoms with Gasteiger partial charge in [-0.2, -0.15) is 0 Å². The molecule has 0 aliphatic carbocycles. The average Bonchev–Trinajstić information content (AvgIpc) is 2.72. The number of aliphatic hydroxyl groups excluding tert-OH is 2. The molecule has 1 aromatic carbocycles. The van der Waals surface area contributed by atoms with E-state index in [-0.39, 0.29) is 12.6 Å². The lowest BCUT2D eigenvalue weighted by molar-refractivity contribution is 0.107. The lowest BCUT2D eigenvalue weighted by atomic mass is 10.0. The molecular formula is C25H46N2O2. The lowest BCUT2D eigenvalue weighted by Gasteiger charge is -2.23. The molecule has 0 bridgehead atoms. The predicted molar refractivity (Wildman–Crippen MR) is 126 cm³/mol. The van der Waals surface area contributed by atoms with Crippen LogP contribution in [0.1, 0.15) is 102 Å². The average molecular weight is 407 g/mol. The Balaban J connectivity index is 2.04. The van der Waals surface area contributed by atoms with Gasteiger partial charge in [-0.25, -0.2) is 0 Å². The van der Waals surface area contributed by atoms with Gasteiger partial charge >= 0.3 is 0 Å². The molecule has 0 amide bonds. The molecule has 0 fully saturated rings. The summed E-state index contributed by atoms with van der Waals surface area (Å²) in [6, 6.07) is 5.36. The van der Waals surface area contributed by atoms with E-state index in [1.807, 2.05) is 25.1 Å². The molecule has 1 rings (SSSR count). The number of hydrogen-bond acceptors (Lipinski definition) is 4. The largest absolute Gasteiger partial charge is 0.399 e. The number of unbranched alkanes of at least 4 members (excludes halogenated alkanes) is 12. The van der Waals surface area contributed by atoms with E-state index in [0.717, 1.165) is 36.2 Å². The molecule has 0 heterocycles. The number of benzene rings is 1. The highest BCUT2D eigenvalue weighted by Gasteiger charge is 2.18. The first-order chi connectivity index (χ1) is 14.1. The van der Waals surface area contributed by atoms with Gasteiger partial charge in [0.15, 0.2) is 0 Å². The second kappa shape index (κ2) is 16.5. The summed E-state index contributed by atoms with van der Waals surface area (Å²) in [5.74, 6) is 0. The number of nitrogens with one attached hydrogen (secondary N) is 1. The summed E-state index contributed by atoms with van der Waals surface area (Å²) in [6.07, 6.45) is 17.4. The van der Waals surface area contributed by atoms with Crippen molar-refractivity contribution < 1.29 is 10.2 Å². The zero-order valence-corrected chi connectivity index (χ0v) is 19.0. The summed E-state index contributed by atoms with van der Waals surface area (Å²) < 4.78 is 0. The van der Waals surface area contributed by atoms with Gasteiger partial charge in [-0.3, -0.25) is 0 Å². The molecule has 0 aliphatic rings. The number of hydrogen-bond donors (Lipinski definition) is 4. The Hall–Kier alpha value is -1.26.